The number of aliphatic carboxylic acids is 1. The first kappa shape index (κ1) is 18.2. The molecule has 0 bridgehead atoms. The Morgan fingerprint density at radius 2 is 2.04 bits per heavy atom. The maximum absolute atomic E-state index is 12.2. The zero-order valence-corrected chi connectivity index (χ0v) is 14.3. The summed E-state index contributed by atoms with van der Waals surface area (Å²) in [5.74, 6) is -0.573. The van der Waals surface area contributed by atoms with Gasteiger partial charge in [0, 0.05) is 18.3 Å². The molecule has 0 aliphatic rings. The number of aromatic nitrogens is 1. The van der Waals surface area contributed by atoms with E-state index < -0.39 is 18.2 Å². The number of carboxylic acids is 1. The second-order valence-electron chi connectivity index (χ2n) is 5.68. The van der Waals surface area contributed by atoms with Crippen LogP contribution in [-0.2, 0) is 11.2 Å². The van der Waals surface area contributed by atoms with Crippen LogP contribution in [0.1, 0.15) is 12.0 Å². The lowest BCUT2D eigenvalue weighted by Gasteiger charge is -2.09. The molecule has 0 saturated heterocycles. The highest BCUT2D eigenvalue weighted by Gasteiger charge is 2.15. The minimum absolute atomic E-state index is 0.119. The zero-order valence-electron chi connectivity index (χ0n) is 14.3. The second kappa shape index (κ2) is 8.22. The van der Waals surface area contributed by atoms with Crippen LogP contribution in [0.5, 0.6) is 17.4 Å². The van der Waals surface area contributed by atoms with Crippen LogP contribution >= 0.6 is 0 Å². The SMILES string of the molecule is O=C(O)COc1ccc2c(O)c(CCCOc3ccccn3)c(=O)oc2c1. The molecule has 0 aliphatic heterocycles. The summed E-state index contributed by atoms with van der Waals surface area (Å²) in [7, 11) is 0. The summed E-state index contributed by atoms with van der Waals surface area (Å²) < 4.78 is 15.7. The average molecular weight is 371 g/mol. The number of benzene rings is 1. The van der Waals surface area contributed by atoms with Gasteiger partial charge in [0.1, 0.15) is 17.1 Å². The first-order chi connectivity index (χ1) is 13.0. The number of rotatable bonds is 8. The van der Waals surface area contributed by atoms with Gasteiger partial charge in [0.25, 0.3) is 0 Å². The Labute approximate surface area is 153 Å². The normalized spacial score (nSPS) is 10.7. The van der Waals surface area contributed by atoms with Crippen molar-refractivity contribution < 1.29 is 28.9 Å². The summed E-state index contributed by atoms with van der Waals surface area (Å²) in [6, 6.07) is 9.70. The number of carboxylic acid groups (broad SMARTS) is 1. The van der Waals surface area contributed by atoms with E-state index in [1.165, 1.54) is 18.2 Å². The predicted octanol–water partition coefficient (Wildman–Crippen LogP) is 2.37. The van der Waals surface area contributed by atoms with Gasteiger partial charge in [0.05, 0.1) is 17.6 Å². The van der Waals surface area contributed by atoms with Crippen LogP contribution in [-0.4, -0.2) is 34.4 Å². The Morgan fingerprint density at radius 1 is 1.19 bits per heavy atom. The fraction of sp³-hybridized carbons (Fsp3) is 0.211. The number of hydrogen-bond donors (Lipinski definition) is 2. The summed E-state index contributed by atoms with van der Waals surface area (Å²) in [4.78, 5) is 26.8. The average Bonchev–Trinajstić information content (AvgIpc) is 2.66. The molecule has 0 unspecified atom stereocenters. The van der Waals surface area contributed by atoms with Gasteiger partial charge in [0.2, 0.25) is 5.88 Å². The van der Waals surface area contributed by atoms with Crippen molar-refractivity contribution in [2.75, 3.05) is 13.2 Å². The Hall–Kier alpha value is -3.55. The van der Waals surface area contributed by atoms with Crippen molar-refractivity contribution in [1.82, 2.24) is 4.98 Å². The fourth-order valence-electron chi connectivity index (χ4n) is 2.52. The van der Waals surface area contributed by atoms with Gasteiger partial charge in [-0.2, -0.15) is 0 Å². The van der Waals surface area contributed by atoms with Crippen molar-refractivity contribution in [3.05, 3.63) is 58.6 Å². The highest BCUT2D eigenvalue weighted by atomic mass is 16.5. The number of hydrogen-bond acceptors (Lipinski definition) is 7. The molecule has 0 fully saturated rings. The molecule has 0 spiro atoms. The fourth-order valence-corrected chi connectivity index (χ4v) is 2.52. The van der Waals surface area contributed by atoms with E-state index >= 15 is 0 Å². The topological polar surface area (TPSA) is 119 Å². The van der Waals surface area contributed by atoms with E-state index in [2.05, 4.69) is 4.98 Å². The Bertz CT molecular complexity index is 998. The molecular weight excluding hydrogens is 354 g/mol. The van der Waals surface area contributed by atoms with Gasteiger partial charge in [0.15, 0.2) is 6.61 Å². The Kier molecular flexibility index (Phi) is 5.55. The van der Waals surface area contributed by atoms with Crippen molar-refractivity contribution in [3.63, 3.8) is 0 Å². The molecule has 2 aromatic heterocycles. The van der Waals surface area contributed by atoms with Gasteiger partial charge in [-0.1, -0.05) is 6.07 Å². The van der Waals surface area contributed by atoms with Gasteiger partial charge < -0.3 is 24.1 Å². The molecule has 2 N–H and O–H groups in total. The zero-order chi connectivity index (χ0) is 19.2. The van der Waals surface area contributed by atoms with E-state index in [0.29, 0.717) is 24.3 Å². The highest BCUT2D eigenvalue weighted by Crippen LogP contribution is 2.29. The second-order valence-corrected chi connectivity index (χ2v) is 5.68. The molecule has 0 aliphatic carbocycles. The van der Waals surface area contributed by atoms with E-state index in [1.54, 1.807) is 24.4 Å². The van der Waals surface area contributed by atoms with Crippen molar-refractivity contribution >= 4 is 16.9 Å². The molecule has 0 saturated carbocycles. The lowest BCUT2D eigenvalue weighted by atomic mass is 10.1. The molecule has 27 heavy (non-hydrogen) atoms. The van der Waals surface area contributed by atoms with Gasteiger partial charge in [-0.05, 0) is 31.0 Å². The number of carbonyl (C=O) groups is 1. The molecule has 2 heterocycles. The molecule has 0 atom stereocenters. The van der Waals surface area contributed by atoms with E-state index in [4.69, 9.17) is 19.0 Å². The van der Waals surface area contributed by atoms with Crippen LogP contribution in [0, 0.1) is 0 Å². The van der Waals surface area contributed by atoms with Crippen molar-refractivity contribution in [2.45, 2.75) is 12.8 Å². The molecule has 8 nitrogen and oxygen atoms in total. The van der Waals surface area contributed by atoms with E-state index in [9.17, 15) is 14.7 Å². The lowest BCUT2D eigenvalue weighted by molar-refractivity contribution is -0.139. The minimum atomic E-state index is -1.12. The maximum Gasteiger partial charge on any atom is 0.343 e. The van der Waals surface area contributed by atoms with E-state index in [0.717, 1.165) is 0 Å². The molecule has 140 valence electrons. The molecule has 0 amide bonds. The van der Waals surface area contributed by atoms with Gasteiger partial charge in [-0.3, -0.25) is 0 Å². The standard InChI is InChI=1S/C19H17NO7/c21-17(22)11-26-12-6-7-13-15(10-12)27-19(24)14(18(13)23)4-3-9-25-16-5-1-2-8-20-16/h1-2,5-8,10,23H,3-4,9,11H2,(H,21,22). The van der Waals surface area contributed by atoms with Gasteiger partial charge in [-0.15, -0.1) is 0 Å². The summed E-state index contributed by atoms with van der Waals surface area (Å²) >= 11 is 0. The first-order valence-corrected chi connectivity index (χ1v) is 8.21. The van der Waals surface area contributed by atoms with Crippen molar-refractivity contribution in [1.29, 1.82) is 0 Å². The third-order valence-corrected chi connectivity index (χ3v) is 3.76. The number of nitrogens with zero attached hydrogens (tertiary/aromatic N) is 1. The molecule has 3 rings (SSSR count). The van der Waals surface area contributed by atoms with E-state index in [1.807, 2.05) is 0 Å². The molecular formula is C19H17NO7. The van der Waals surface area contributed by atoms with Crippen LogP contribution in [0.25, 0.3) is 11.0 Å². The van der Waals surface area contributed by atoms with Crippen LogP contribution in [0.3, 0.4) is 0 Å². The van der Waals surface area contributed by atoms with Crippen molar-refractivity contribution in [3.8, 4) is 17.4 Å². The first-order valence-electron chi connectivity index (χ1n) is 8.21. The monoisotopic (exact) mass is 371 g/mol. The van der Waals surface area contributed by atoms with Crippen molar-refractivity contribution in [2.24, 2.45) is 0 Å². The summed E-state index contributed by atoms with van der Waals surface area (Å²) in [5, 5.41) is 19.4. The predicted molar refractivity (Wildman–Crippen MR) is 95.3 cm³/mol. The summed E-state index contributed by atoms with van der Waals surface area (Å²) in [6.07, 6.45) is 2.38. The lowest BCUT2D eigenvalue weighted by Crippen LogP contribution is -2.11. The maximum atomic E-state index is 12.2. The van der Waals surface area contributed by atoms with Crippen LogP contribution in [0.2, 0.25) is 0 Å². The highest BCUT2D eigenvalue weighted by molar-refractivity contribution is 5.85. The molecule has 0 radical (unpaired) electrons. The summed E-state index contributed by atoms with van der Waals surface area (Å²) in [5.41, 5.74) is -0.381. The molecule has 8 heteroatoms. The smallest absolute Gasteiger partial charge is 0.343 e. The van der Waals surface area contributed by atoms with Crippen LogP contribution < -0.4 is 15.1 Å². The van der Waals surface area contributed by atoms with Crippen LogP contribution in [0.15, 0.2) is 51.8 Å². The van der Waals surface area contributed by atoms with Gasteiger partial charge in [-0.25, -0.2) is 14.6 Å². The number of aromatic hydroxyl groups is 1. The number of ether oxygens (including phenoxy) is 2. The third-order valence-electron chi connectivity index (χ3n) is 3.76. The third kappa shape index (κ3) is 4.55. The van der Waals surface area contributed by atoms with Gasteiger partial charge >= 0.3 is 11.6 Å². The quantitative estimate of drug-likeness (QED) is 0.457. The largest absolute Gasteiger partial charge is 0.507 e. The minimum Gasteiger partial charge on any atom is -0.507 e. The van der Waals surface area contributed by atoms with E-state index in [-0.39, 0.29) is 29.1 Å². The number of fused-ring (bicyclic) bond motifs is 1. The Balaban J connectivity index is 1.71. The molecule has 3 aromatic rings. The molecule has 1 aromatic carbocycles. The summed E-state index contributed by atoms with van der Waals surface area (Å²) in [6.45, 7) is -0.189. The number of pyridine rings is 1. The Morgan fingerprint density at radius 3 is 2.78 bits per heavy atom. The van der Waals surface area contributed by atoms with Crippen LogP contribution in [0.4, 0.5) is 0 Å².